The molecule has 1 aliphatic carbocycles. The first-order valence-electron chi connectivity index (χ1n) is 9.28. The molecular formula is C21H27ClN2O2. The third-order valence-corrected chi connectivity index (χ3v) is 5.55. The number of fused-ring (bicyclic) bond motifs is 1. The van der Waals surface area contributed by atoms with Gasteiger partial charge in [-0.2, -0.15) is 0 Å². The average Bonchev–Trinajstić information content (AvgIpc) is 2.64. The maximum absolute atomic E-state index is 12.7. The number of benzene rings is 2. The second kappa shape index (κ2) is 8.28. The van der Waals surface area contributed by atoms with Crippen LogP contribution in [0, 0.1) is 0 Å². The summed E-state index contributed by atoms with van der Waals surface area (Å²) >= 11 is 6.26. The van der Waals surface area contributed by atoms with Gasteiger partial charge in [0.2, 0.25) is 0 Å². The van der Waals surface area contributed by atoms with Crippen molar-refractivity contribution in [3.05, 3.63) is 41.4 Å². The molecule has 0 saturated heterocycles. The van der Waals surface area contributed by atoms with Gasteiger partial charge in [0.1, 0.15) is 5.75 Å². The Morgan fingerprint density at radius 1 is 1.15 bits per heavy atom. The van der Waals surface area contributed by atoms with Crippen LogP contribution in [-0.2, 0) is 4.79 Å². The fraction of sp³-hybridized carbons (Fsp3) is 0.476. The Morgan fingerprint density at radius 3 is 2.58 bits per heavy atom. The summed E-state index contributed by atoms with van der Waals surface area (Å²) in [6, 6.07) is 12.0. The number of nitrogens with one attached hydrogen (secondary N) is 1. The van der Waals surface area contributed by atoms with Gasteiger partial charge in [-0.1, -0.05) is 48.7 Å². The quantitative estimate of drug-likeness (QED) is 0.850. The van der Waals surface area contributed by atoms with Gasteiger partial charge in [0.15, 0.2) is 6.10 Å². The molecule has 0 spiro atoms. The molecule has 0 radical (unpaired) electrons. The first-order valence-corrected chi connectivity index (χ1v) is 9.66. The van der Waals surface area contributed by atoms with Crippen molar-refractivity contribution in [1.29, 1.82) is 0 Å². The summed E-state index contributed by atoms with van der Waals surface area (Å²) in [6.45, 7) is 1.80. The summed E-state index contributed by atoms with van der Waals surface area (Å²) in [5.74, 6) is 0.614. The highest BCUT2D eigenvalue weighted by molar-refractivity contribution is 6.35. The SMILES string of the molecule is CC(Oc1ccc(Cl)c2ccccc12)C(=O)NC1CCCCC1N(C)C. The van der Waals surface area contributed by atoms with Crippen LogP contribution < -0.4 is 10.1 Å². The highest BCUT2D eigenvalue weighted by atomic mass is 35.5. The Labute approximate surface area is 160 Å². The first kappa shape index (κ1) is 19.0. The molecule has 0 aliphatic heterocycles. The van der Waals surface area contributed by atoms with Crippen LogP contribution in [0.2, 0.25) is 5.02 Å². The summed E-state index contributed by atoms with van der Waals surface area (Å²) in [5, 5.41) is 5.73. The van der Waals surface area contributed by atoms with Crippen molar-refractivity contribution in [3.8, 4) is 5.75 Å². The molecule has 140 valence electrons. The van der Waals surface area contributed by atoms with Crippen LogP contribution in [0.4, 0.5) is 0 Å². The smallest absolute Gasteiger partial charge is 0.261 e. The van der Waals surface area contributed by atoms with Gasteiger partial charge in [0.25, 0.3) is 5.91 Å². The van der Waals surface area contributed by atoms with Gasteiger partial charge in [-0.25, -0.2) is 0 Å². The summed E-state index contributed by atoms with van der Waals surface area (Å²) in [4.78, 5) is 14.9. The number of halogens is 1. The number of likely N-dealkylation sites (N-methyl/N-ethyl adjacent to an activating group) is 1. The maximum Gasteiger partial charge on any atom is 0.261 e. The minimum atomic E-state index is -0.565. The van der Waals surface area contributed by atoms with E-state index in [4.69, 9.17) is 16.3 Å². The number of hydrogen-bond donors (Lipinski definition) is 1. The molecule has 1 aliphatic rings. The van der Waals surface area contributed by atoms with E-state index in [0.717, 1.165) is 30.0 Å². The molecule has 3 unspecified atom stereocenters. The van der Waals surface area contributed by atoms with Crippen molar-refractivity contribution in [2.75, 3.05) is 14.1 Å². The Hall–Kier alpha value is -1.78. The zero-order valence-corrected chi connectivity index (χ0v) is 16.4. The van der Waals surface area contributed by atoms with Crippen molar-refractivity contribution in [1.82, 2.24) is 10.2 Å². The first-order chi connectivity index (χ1) is 12.5. The zero-order chi connectivity index (χ0) is 18.7. The lowest BCUT2D eigenvalue weighted by Crippen LogP contribution is -2.53. The van der Waals surface area contributed by atoms with Gasteiger partial charge in [-0.05, 0) is 46.0 Å². The fourth-order valence-corrected chi connectivity index (χ4v) is 4.01. The van der Waals surface area contributed by atoms with Gasteiger partial charge in [0, 0.05) is 27.9 Å². The Bertz CT molecular complexity index is 778. The Kier molecular flexibility index (Phi) is 6.05. The molecule has 1 fully saturated rings. The lowest BCUT2D eigenvalue weighted by molar-refractivity contribution is -0.128. The Balaban J connectivity index is 1.71. The fourth-order valence-electron chi connectivity index (χ4n) is 3.78. The van der Waals surface area contributed by atoms with Crippen molar-refractivity contribution in [2.24, 2.45) is 0 Å². The number of rotatable bonds is 5. The van der Waals surface area contributed by atoms with Crippen LogP contribution in [0.25, 0.3) is 10.8 Å². The molecule has 1 N–H and O–H groups in total. The van der Waals surface area contributed by atoms with E-state index in [0.29, 0.717) is 16.8 Å². The van der Waals surface area contributed by atoms with Crippen molar-refractivity contribution >= 4 is 28.3 Å². The van der Waals surface area contributed by atoms with Crippen LogP contribution >= 0.6 is 11.6 Å². The van der Waals surface area contributed by atoms with Crippen LogP contribution in [0.3, 0.4) is 0 Å². The standard InChI is InChI=1S/C21H27ClN2O2/c1-14(21(25)23-18-10-6-7-11-19(18)24(2)3)26-20-13-12-17(22)15-8-4-5-9-16(15)20/h4-5,8-9,12-14,18-19H,6-7,10-11H2,1-3H3,(H,23,25). The van der Waals surface area contributed by atoms with E-state index >= 15 is 0 Å². The van der Waals surface area contributed by atoms with Gasteiger partial charge < -0.3 is 15.0 Å². The predicted octanol–water partition coefficient (Wildman–Crippen LogP) is 4.25. The van der Waals surface area contributed by atoms with E-state index in [2.05, 4.69) is 24.3 Å². The molecule has 5 heteroatoms. The monoisotopic (exact) mass is 374 g/mol. The van der Waals surface area contributed by atoms with Gasteiger partial charge >= 0.3 is 0 Å². The van der Waals surface area contributed by atoms with Crippen LogP contribution in [0.5, 0.6) is 5.75 Å². The summed E-state index contributed by atoms with van der Waals surface area (Å²) in [5.41, 5.74) is 0. The molecule has 26 heavy (non-hydrogen) atoms. The van der Waals surface area contributed by atoms with Gasteiger partial charge in [0.05, 0.1) is 0 Å². The van der Waals surface area contributed by atoms with Gasteiger partial charge in [-0.15, -0.1) is 0 Å². The third-order valence-electron chi connectivity index (χ3n) is 5.22. The number of carbonyl (C=O) groups is 1. The molecule has 3 rings (SSSR count). The van der Waals surface area contributed by atoms with Crippen molar-refractivity contribution < 1.29 is 9.53 Å². The number of hydrogen-bond acceptors (Lipinski definition) is 3. The second-order valence-electron chi connectivity index (χ2n) is 7.28. The number of ether oxygens (including phenoxy) is 1. The van der Waals surface area contributed by atoms with E-state index < -0.39 is 6.10 Å². The molecule has 1 amide bonds. The van der Waals surface area contributed by atoms with E-state index in [-0.39, 0.29) is 11.9 Å². The van der Waals surface area contributed by atoms with Crippen LogP contribution in [-0.4, -0.2) is 43.1 Å². The summed E-state index contributed by atoms with van der Waals surface area (Å²) in [7, 11) is 4.16. The van der Waals surface area contributed by atoms with E-state index in [1.54, 1.807) is 6.92 Å². The molecular weight excluding hydrogens is 348 g/mol. The van der Waals surface area contributed by atoms with Crippen LogP contribution in [0.1, 0.15) is 32.6 Å². The van der Waals surface area contributed by atoms with Gasteiger partial charge in [-0.3, -0.25) is 4.79 Å². The zero-order valence-electron chi connectivity index (χ0n) is 15.7. The molecule has 0 aromatic heterocycles. The number of amides is 1. The second-order valence-corrected chi connectivity index (χ2v) is 7.69. The average molecular weight is 375 g/mol. The number of carbonyl (C=O) groups excluding carboxylic acids is 1. The minimum Gasteiger partial charge on any atom is -0.480 e. The predicted molar refractivity (Wildman–Crippen MR) is 107 cm³/mol. The van der Waals surface area contributed by atoms with Crippen LogP contribution in [0.15, 0.2) is 36.4 Å². The largest absolute Gasteiger partial charge is 0.480 e. The molecule has 2 aromatic rings. The highest BCUT2D eigenvalue weighted by Crippen LogP contribution is 2.32. The molecule has 1 saturated carbocycles. The topological polar surface area (TPSA) is 41.6 Å². The Morgan fingerprint density at radius 2 is 1.85 bits per heavy atom. The minimum absolute atomic E-state index is 0.0669. The molecule has 3 atom stereocenters. The lowest BCUT2D eigenvalue weighted by Gasteiger charge is -2.37. The highest BCUT2D eigenvalue weighted by Gasteiger charge is 2.29. The van der Waals surface area contributed by atoms with E-state index in [9.17, 15) is 4.79 Å². The molecule has 4 nitrogen and oxygen atoms in total. The maximum atomic E-state index is 12.7. The lowest BCUT2D eigenvalue weighted by atomic mass is 9.89. The summed E-state index contributed by atoms with van der Waals surface area (Å²) in [6.07, 6.45) is 3.95. The molecule has 0 heterocycles. The normalized spacial score (nSPS) is 21.6. The molecule has 2 aromatic carbocycles. The van der Waals surface area contributed by atoms with Crippen molar-refractivity contribution in [2.45, 2.75) is 50.8 Å². The molecule has 0 bridgehead atoms. The van der Waals surface area contributed by atoms with E-state index in [1.165, 1.54) is 6.42 Å². The van der Waals surface area contributed by atoms with Crippen molar-refractivity contribution in [3.63, 3.8) is 0 Å². The third kappa shape index (κ3) is 4.13. The van der Waals surface area contributed by atoms with E-state index in [1.807, 2.05) is 36.4 Å². The summed E-state index contributed by atoms with van der Waals surface area (Å²) < 4.78 is 6.00. The number of nitrogens with zero attached hydrogens (tertiary/aromatic N) is 1.